The third-order valence-corrected chi connectivity index (χ3v) is 5.97. The van der Waals surface area contributed by atoms with Gasteiger partial charge in [-0.1, -0.05) is 59.6 Å². The maximum absolute atomic E-state index is 12.9. The molecule has 5 nitrogen and oxygen atoms in total. The smallest absolute Gasteiger partial charge is 0.256 e. The first-order valence-electron chi connectivity index (χ1n) is 9.53. The fourth-order valence-electron chi connectivity index (χ4n) is 3.76. The van der Waals surface area contributed by atoms with Crippen LogP contribution < -0.4 is 11.1 Å². The number of halogens is 2. The Labute approximate surface area is 187 Å². The third-order valence-electron chi connectivity index (χ3n) is 5.23. The number of benzene rings is 4. The highest BCUT2D eigenvalue weighted by Crippen LogP contribution is 2.34. The third kappa shape index (κ3) is 3.48. The molecule has 152 valence electrons. The summed E-state index contributed by atoms with van der Waals surface area (Å²) in [4.78, 5) is 12.9. The molecule has 0 atom stereocenters. The molecule has 0 fully saturated rings. The number of aromatic amines is 1. The van der Waals surface area contributed by atoms with Crippen molar-refractivity contribution in [3.05, 3.63) is 88.4 Å². The fraction of sp³-hybridized carbons (Fsp3) is 0. The van der Waals surface area contributed by atoms with Crippen molar-refractivity contribution in [1.82, 2.24) is 10.2 Å². The van der Waals surface area contributed by atoms with Gasteiger partial charge in [0, 0.05) is 11.3 Å². The molecular formula is C24H16Cl2N4O. The molecule has 0 saturated carbocycles. The van der Waals surface area contributed by atoms with Gasteiger partial charge in [0.2, 0.25) is 0 Å². The van der Waals surface area contributed by atoms with Crippen LogP contribution in [0.5, 0.6) is 0 Å². The van der Waals surface area contributed by atoms with Crippen molar-refractivity contribution < 1.29 is 4.79 Å². The van der Waals surface area contributed by atoms with E-state index in [2.05, 4.69) is 15.5 Å². The lowest BCUT2D eigenvalue weighted by Crippen LogP contribution is -2.12. The minimum Gasteiger partial charge on any atom is -0.382 e. The largest absolute Gasteiger partial charge is 0.382 e. The molecule has 1 heterocycles. The second-order valence-electron chi connectivity index (χ2n) is 7.16. The zero-order valence-corrected chi connectivity index (χ0v) is 17.6. The predicted molar refractivity (Wildman–Crippen MR) is 128 cm³/mol. The van der Waals surface area contributed by atoms with Crippen molar-refractivity contribution in [3.63, 3.8) is 0 Å². The summed E-state index contributed by atoms with van der Waals surface area (Å²) < 4.78 is 0. The van der Waals surface area contributed by atoms with E-state index in [1.807, 2.05) is 48.5 Å². The Bertz CT molecular complexity index is 1480. The van der Waals surface area contributed by atoms with E-state index in [0.717, 1.165) is 32.8 Å². The number of nitrogens with two attached hydrogens (primary N) is 1. The number of amides is 1. The molecule has 5 aromatic rings. The number of nitrogen functional groups attached to an aromatic ring is 1. The summed E-state index contributed by atoms with van der Waals surface area (Å²) in [6.45, 7) is 0. The molecule has 7 heteroatoms. The number of hydrogen-bond acceptors (Lipinski definition) is 3. The molecule has 5 rings (SSSR count). The zero-order chi connectivity index (χ0) is 21.5. The number of nitrogens with zero attached hydrogens (tertiary/aromatic N) is 1. The lowest BCUT2D eigenvalue weighted by Gasteiger charge is -2.11. The lowest BCUT2D eigenvalue weighted by molar-refractivity contribution is 0.102. The summed E-state index contributed by atoms with van der Waals surface area (Å²) in [6, 6.07) is 22.5. The van der Waals surface area contributed by atoms with Gasteiger partial charge >= 0.3 is 0 Å². The molecule has 0 aliphatic heterocycles. The highest BCUT2D eigenvalue weighted by molar-refractivity contribution is 6.42. The number of aromatic nitrogens is 2. The predicted octanol–water partition coefficient (Wildman–Crippen LogP) is 6.52. The van der Waals surface area contributed by atoms with Gasteiger partial charge in [-0.3, -0.25) is 9.89 Å². The van der Waals surface area contributed by atoms with Crippen molar-refractivity contribution in [3.8, 4) is 11.1 Å². The van der Waals surface area contributed by atoms with E-state index in [0.29, 0.717) is 27.1 Å². The number of fused-ring (bicyclic) bond motifs is 2. The van der Waals surface area contributed by atoms with Crippen LogP contribution in [0.25, 0.3) is 32.8 Å². The molecule has 0 radical (unpaired) electrons. The van der Waals surface area contributed by atoms with Crippen LogP contribution in [0.15, 0.2) is 72.8 Å². The van der Waals surface area contributed by atoms with Gasteiger partial charge in [-0.25, -0.2) is 0 Å². The fourth-order valence-corrected chi connectivity index (χ4v) is 4.06. The van der Waals surface area contributed by atoms with Gasteiger partial charge in [-0.15, -0.1) is 0 Å². The lowest BCUT2D eigenvalue weighted by atomic mass is 9.96. The summed E-state index contributed by atoms with van der Waals surface area (Å²) in [5.74, 6) is 0.235. The Balaban J connectivity index is 1.55. The van der Waals surface area contributed by atoms with E-state index >= 15 is 0 Å². The van der Waals surface area contributed by atoms with E-state index in [1.54, 1.807) is 24.3 Å². The van der Waals surface area contributed by atoms with Gasteiger partial charge < -0.3 is 11.1 Å². The van der Waals surface area contributed by atoms with Gasteiger partial charge in [-0.2, -0.15) is 5.10 Å². The molecule has 0 spiro atoms. The second-order valence-corrected chi connectivity index (χ2v) is 7.98. The molecule has 31 heavy (non-hydrogen) atoms. The monoisotopic (exact) mass is 446 g/mol. The quantitative estimate of drug-likeness (QED) is 0.294. The van der Waals surface area contributed by atoms with Crippen LogP contribution in [0.2, 0.25) is 10.0 Å². The normalized spacial score (nSPS) is 11.2. The molecular weight excluding hydrogens is 431 g/mol. The number of carbonyl (C=O) groups is 1. The van der Waals surface area contributed by atoms with E-state index in [-0.39, 0.29) is 5.91 Å². The number of carbonyl (C=O) groups excluding carboxylic acids is 1. The maximum Gasteiger partial charge on any atom is 0.256 e. The summed E-state index contributed by atoms with van der Waals surface area (Å²) in [7, 11) is 0. The van der Waals surface area contributed by atoms with Crippen LogP contribution in [-0.4, -0.2) is 16.1 Å². The van der Waals surface area contributed by atoms with Crippen LogP contribution >= 0.6 is 23.2 Å². The molecule has 0 aliphatic rings. The Morgan fingerprint density at radius 2 is 1.77 bits per heavy atom. The van der Waals surface area contributed by atoms with E-state index in [1.165, 1.54) is 0 Å². The van der Waals surface area contributed by atoms with E-state index in [4.69, 9.17) is 28.9 Å². The minimum absolute atomic E-state index is 0.224. The Hall–Kier alpha value is -3.54. The summed E-state index contributed by atoms with van der Waals surface area (Å²) in [6.07, 6.45) is 0. The number of nitrogens with one attached hydrogen (secondary N) is 2. The standard InChI is InChI=1S/C24H16Cl2N4O/c25-19-10-8-15(12-20(19)26)28-24(31)18-5-1-3-13-11-14(7-9-16(13)18)17-4-2-6-21-22(17)23(27)30-29-21/h1-12H,(H,28,31)(H3,27,29,30). The first kappa shape index (κ1) is 19.4. The molecule has 1 amide bonds. The molecule has 0 saturated heterocycles. The van der Waals surface area contributed by atoms with Gasteiger partial charge in [-0.05, 0) is 58.3 Å². The van der Waals surface area contributed by atoms with Crippen molar-refractivity contribution in [2.24, 2.45) is 0 Å². The number of H-pyrrole nitrogens is 1. The van der Waals surface area contributed by atoms with Gasteiger partial charge in [0.25, 0.3) is 5.91 Å². The summed E-state index contributed by atoms with van der Waals surface area (Å²) in [5.41, 5.74) is 10.1. The summed E-state index contributed by atoms with van der Waals surface area (Å²) in [5, 5.41) is 13.4. The SMILES string of the molecule is Nc1n[nH]c2cccc(-c3ccc4c(C(=O)Nc5ccc(Cl)c(Cl)c5)cccc4c3)c12. The number of hydrogen-bond donors (Lipinski definition) is 3. The van der Waals surface area contributed by atoms with Gasteiger partial charge in [0.15, 0.2) is 5.82 Å². The van der Waals surface area contributed by atoms with Crippen molar-refractivity contribution in [2.75, 3.05) is 11.1 Å². The topological polar surface area (TPSA) is 83.8 Å². The average molecular weight is 447 g/mol. The van der Waals surface area contributed by atoms with Crippen molar-refractivity contribution >= 4 is 62.3 Å². The molecule has 4 aromatic carbocycles. The summed E-state index contributed by atoms with van der Waals surface area (Å²) >= 11 is 12.0. The Morgan fingerprint density at radius 1 is 0.935 bits per heavy atom. The number of rotatable bonds is 3. The zero-order valence-electron chi connectivity index (χ0n) is 16.1. The van der Waals surface area contributed by atoms with Crippen LogP contribution in [0.1, 0.15) is 10.4 Å². The van der Waals surface area contributed by atoms with Gasteiger partial charge in [0.05, 0.1) is 20.9 Å². The van der Waals surface area contributed by atoms with Crippen LogP contribution in [0.4, 0.5) is 11.5 Å². The Kier molecular flexibility index (Phi) is 4.77. The first-order chi connectivity index (χ1) is 15.0. The Morgan fingerprint density at radius 3 is 2.61 bits per heavy atom. The maximum atomic E-state index is 12.9. The van der Waals surface area contributed by atoms with Crippen molar-refractivity contribution in [2.45, 2.75) is 0 Å². The van der Waals surface area contributed by atoms with E-state index in [9.17, 15) is 4.79 Å². The van der Waals surface area contributed by atoms with Crippen molar-refractivity contribution in [1.29, 1.82) is 0 Å². The van der Waals surface area contributed by atoms with Gasteiger partial charge in [0.1, 0.15) is 0 Å². The second kappa shape index (κ2) is 7.61. The highest BCUT2D eigenvalue weighted by atomic mass is 35.5. The van der Waals surface area contributed by atoms with Crippen LogP contribution in [-0.2, 0) is 0 Å². The number of anilines is 2. The van der Waals surface area contributed by atoms with Crippen LogP contribution in [0, 0.1) is 0 Å². The molecule has 1 aromatic heterocycles. The molecule has 4 N–H and O–H groups in total. The highest BCUT2D eigenvalue weighted by Gasteiger charge is 2.14. The molecule has 0 bridgehead atoms. The average Bonchev–Trinajstić information content (AvgIpc) is 3.16. The first-order valence-corrected chi connectivity index (χ1v) is 10.3. The van der Waals surface area contributed by atoms with Crippen LogP contribution in [0.3, 0.4) is 0 Å². The molecule has 0 unspecified atom stereocenters. The van der Waals surface area contributed by atoms with E-state index < -0.39 is 0 Å². The molecule has 0 aliphatic carbocycles. The minimum atomic E-state index is -0.224.